The lowest BCUT2D eigenvalue weighted by Crippen LogP contribution is -2.40. The number of likely N-dealkylation sites (tertiary alicyclic amines) is 1. The van der Waals surface area contributed by atoms with E-state index >= 15 is 0 Å². The van der Waals surface area contributed by atoms with Gasteiger partial charge in [-0.15, -0.1) is 0 Å². The van der Waals surface area contributed by atoms with E-state index in [1.807, 2.05) is 18.2 Å². The highest BCUT2D eigenvalue weighted by Crippen LogP contribution is 2.28. The average Bonchev–Trinajstić information content (AvgIpc) is 3.23. The molecule has 1 saturated heterocycles. The molecule has 1 amide bonds. The van der Waals surface area contributed by atoms with Gasteiger partial charge < -0.3 is 9.84 Å². The maximum atomic E-state index is 12.5. The predicted octanol–water partition coefficient (Wildman–Crippen LogP) is 4.61. The van der Waals surface area contributed by atoms with E-state index in [9.17, 15) is 4.79 Å². The summed E-state index contributed by atoms with van der Waals surface area (Å²) in [6, 6.07) is 15.4. The zero-order valence-electron chi connectivity index (χ0n) is 17.1. The van der Waals surface area contributed by atoms with Gasteiger partial charge >= 0.3 is 0 Å². The molecule has 1 aliphatic heterocycles. The third kappa shape index (κ3) is 5.85. The van der Waals surface area contributed by atoms with Crippen molar-refractivity contribution in [2.24, 2.45) is 5.92 Å². The van der Waals surface area contributed by atoms with Crippen LogP contribution < -0.4 is 5.32 Å². The highest BCUT2D eigenvalue weighted by atomic mass is 35.5. The number of halogens is 2. The summed E-state index contributed by atoms with van der Waals surface area (Å²) in [7, 11) is 0. The molecule has 1 N–H and O–H groups in total. The molecule has 1 aliphatic rings. The van der Waals surface area contributed by atoms with E-state index in [0.717, 1.165) is 32.4 Å². The van der Waals surface area contributed by atoms with Gasteiger partial charge in [-0.3, -0.25) is 9.69 Å². The number of carbonyl (C=O) groups is 1. The van der Waals surface area contributed by atoms with Crippen LogP contribution in [0.4, 0.5) is 0 Å². The van der Waals surface area contributed by atoms with Crippen LogP contribution in [-0.2, 0) is 17.8 Å². The molecule has 0 unspecified atom stereocenters. The van der Waals surface area contributed by atoms with Crippen LogP contribution in [0.25, 0.3) is 11.4 Å². The molecule has 4 rings (SSSR count). The normalized spacial score (nSPS) is 15.2. The van der Waals surface area contributed by atoms with E-state index in [1.54, 1.807) is 18.2 Å². The number of rotatable bonds is 7. The summed E-state index contributed by atoms with van der Waals surface area (Å²) >= 11 is 12.2. The Morgan fingerprint density at radius 2 is 1.90 bits per heavy atom. The minimum atomic E-state index is 0.0538. The van der Waals surface area contributed by atoms with E-state index in [2.05, 4.69) is 32.5 Å². The van der Waals surface area contributed by atoms with Crippen LogP contribution in [0.5, 0.6) is 0 Å². The summed E-state index contributed by atoms with van der Waals surface area (Å²) in [6.45, 7) is 2.86. The van der Waals surface area contributed by atoms with Gasteiger partial charge in [0.15, 0.2) is 0 Å². The number of amides is 1. The van der Waals surface area contributed by atoms with Gasteiger partial charge in [0, 0.05) is 23.0 Å². The molecule has 1 fully saturated rings. The fourth-order valence-electron chi connectivity index (χ4n) is 3.76. The van der Waals surface area contributed by atoms with Crippen molar-refractivity contribution < 1.29 is 9.32 Å². The second-order valence-corrected chi connectivity index (χ2v) is 8.56. The standard InChI is InChI=1S/C23H24Cl2N4O2/c24-18-6-7-19(20(25)14-18)22-27-21(31-28-22)15-29-12-9-17(10-13-29)23(30)26-11-8-16-4-2-1-3-5-16/h1-7,14,17H,8-13,15H2,(H,26,30). The zero-order valence-corrected chi connectivity index (χ0v) is 18.6. The van der Waals surface area contributed by atoms with E-state index in [1.165, 1.54) is 5.56 Å². The van der Waals surface area contributed by atoms with Gasteiger partial charge in [-0.25, -0.2) is 0 Å². The third-order valence-corrected chi connectivity index (χ3v) is 6.06. The molecule has 0 saturated carbocycles. The predicted molar refractivity (Wildman–Crippen MR) is 121 cm³/mol. The number of benzene rings is 2. The van der Waals surface area contributed by atoms with Gasteiger partial charge in [0.25, 0.3) is 0 Å². The molecule has 2 heterocycles. The van der Waals surface area contributed by atoms with Crippen molar-refractivity contribution in [1.29, 1.82) is 0 Å². The van der Waals surface area contributed by atoms with Gasteiger partial charge in [0.2, 0.25) is 17.6 Å². The van der Waals surface area contributed by atoms with Crippen LogP contribution in [0.15, 0.2) is 53.1 Å². The Labute approximate surface area is 191 Å². The van der Waals surface area contributed by atoms with E-state index in [4.69, 9.17) is 27.7 Å². The quantitative estimate of drug-likeness (QED) is 0.559. The molecule has 1 aromatic heterocycles. The summed E-state index contributed by atoms with van der Waals surface area (Å²) in [5.41, 5.74) is 1.92. The molecule has 6 nitrogen and oxygen atoms in total. The first-order chi connectivity index (χ1) is 15.1. The molecule has 2 aromatic carbocycles. The Morgan fingerprint density at radius 3 is 2.65 bits per heavy atom. The van der Waals surface area contributed by atoms with Crippen LogP contribution in [0.2, 0.25) is 10.0 Å². The summed E-state index contributed by atoms with van der Waals surface area (Å²) < 4.78 is 5.40. The molecule has 0 atom stereocenters. The Kier molecular flexibility index (Phi) is 7.22. The van der Waals surface area contributed by atoms with Crippen LogP contribution in [0.3, 0.4) is 0 Å². The van der Waals surface area contributed by atoms with Crippen molar-refractivity contribution >= 4 is 29.1 Å². The molecule has 3 aromatic rings. The number of aromatic nitrogens is 2. The van der Waals surface area contributed by atoms with E-state index < -0.39 is 0 Å². The Hall–Kier alpha value is -2.41. The van der Waals surface area contributed by atoms with Crippen LogP contribution in [-0.4, -0.2) is 40.6 Å². The lowest BCUT2D eigenvalue weighted by molar-refractivity contribution is -0.126. The minimum absolute atomic E-state index is 0.0538. The smallest absolute Gasteiger partial charge is 0.241 e. The van der Waals surface area contributed by atoms with Crippen molar-refractivity contribution in [3.63, 3.8) is 0 Å². The Morgan fingerprint density at radius 1 is 1.13 bits per heavy atom. The second-order valence-electron chi connectivity index (χ2n) is 7.71. The second kappa shape index (κ2) is 10.3. The minimum Gasteiger partial charge on any atom is -0.356 e. The molecule has 0 bridgehead atoms. The van der Waals surface area contributed by atoms with Gasteiger partial charge in [0.1, 0.15) is 0 Å². The maximum absolute atomic E-state index is 12.5. The van der Waals surface area contributed by atoms with Gasteiger partial charge in [0.05, 0.1) is 11.6 Å². The van der Waals surface area contributed by atoms with Crippen molar-refractivity contribution in [2.45, 2.75) is 25.8 Å². The first kappa shape index (κ1) is 21.8. The van der Waals surface area contributed by atoms with Crippen molar-refractivity contribution in [2.75, 3.05) is 19.6 Å². The largest absolute Gasteiger partial charge is 0.356 e. The molecular formula is C23H24Cl2N4O2. The average molecular weight is 459 g/mol. The van der Waals surface area contributed by atoms with E-state index in [-0.39, 0.29) is 11.8 Å². The highest BCUT2D eigenvalue weighted by Gasteiger charge is 2.26. The van der Waals surface area contributed by atoms with Gasteiger partial charge in [-0.2, -0.15) is 4.98 Å². The zero-order chi connectivity index (χ0) is 21.6. The molecule has 0 aliphatic carbocycles. The summed E-state index contributed by atoms with van der Waals surface area (Å²) in [4.78, 5) is 19.2. The van der Waals surface area contributed by atoms with Crippen molar-refractivity contribution in [1.82, 2.24) is 20.4 Å². The van der Waals surface area contributed by atoms with Crippen molar-refractivity contribution in [3.8, 4) is 11.4 Å². The van der Waals surface area contributed by atoms with E-state index in [0.29, 0.717) is 40.4 Å². The summed E-state index contributed by atoms with van der Waals surface area (Å²) in [5, 5.41) is 8.16. The lowest BCUT2D eigenvalue weighted by Gasteiger charge is -2.30. The SMILES string of the molecule is O=C(NCCc1ccccc1)C1CCN(Cc2nc(-c3ccc(Cl)cc3Cl)no2)CC1. The van der Waals surface area contributed by atoms with Crippen LogP contribution in [0, 0.1) is 5.92 Å². The molecule has 162 valence electrons. The summed E-state index contributed by atoms with van der Waals surface area (Å²) in [6.07, 6.45) is 2.49. The third-order valence-electron chi connectivity index (χ3n) is 5.51. The number of piperidine rings is 1. The Bertz CT molecular complexity index is 1020. The number of hydrogen-bond acceptors (Lipinski definition) is 5. The molecule has 0 spiro atoms. The summed E-state index contributed by atoms with van der Waals surface area (Å²) in [5.74, 6) is 1.18. The fourth-order valence-corrected chi connectivity index (χ4v) is 4.26. The van der Waals surface area contributed by atoms with Crippen molar-refractivity contribution in [3.05, 3.63) is 70.0 Å². The topological polar surface area (TPSA) is 71.3 Å². The highest BCUT2D eigenvalue weighted by molar-refractivity contribution is 6.36. The number of nitrogens with one attached hydrogen (secondary N) is 1. The number of hydrogen-bond donors (Lipinski definition) is 1. The molecule has 8 heteroatoms. The van der Waals surface area contributed by atoms with Gasteiger partial charge in [-0.1, -0.05) is 58.7 Å². The van der Waals surface area contributed by atoms with Crippen LogP contribution >= 0.6 is 23.2 Å². The lowest BCUT2D eigenvalue weighted by atomic mass is 9.96. The maximum Gasteiger partial charge on any atom is 0.241 e. The monoisotopic (exact) mass is 458 g/mol. The Balaban J connectivity index is 1.23. The molecule has 31 heavy (non-hydrogen) atoms. The molecular weight excluding hydrogens is 435 g/mol. The fraction of sp³-hybridized carbons (Fsp3) is 0.348. The first-order valence-electron chi connectivity index (χ1n) is 10.4. The number of nitrogens with zero attached hydrogens (tertiary/aromatic N) is 3. The van der Waals surface area contributed by atoms with Gasteiger partial charge in [-0.05, 0) is 56.1 Å². The number of carbonyl (C=O) groups excluding carboxylic acids is 1. The van der Waals surface area contributed by atoms with Crippen LogP contribution in [0.1, 0.15) is 24.3 Å². The molecule has 0 radical (unpaired) electrons. The first-order valence-corrected chi connectivity index (χ1v) is 11.2.